The molecular weight excluding hydrogens is 640 g/mol. The van der Waals surface area contributed by atoms with E-state index in [1.54, 1.807) is 17.2 Å². The predicted molar refractivity (Wildman–Crippen MR) is 196 cm³/mol. The quantitative estimate of drug-likeness (QED) is 0.287. The molecule has 0 spiro atoms. The molecule has 0 bridgehead atoms. The van der Waals surface area contributed by atoms with Crippen molar-refractivity contribution in [2.24, 2.45) is 0 Å². The number of carbonyl (C=O) groups is 3. The van der Waals surface area contributed by atoms with Crippen molar-refractivity contribution in [1.82, 2.24) is 25.1 Å². The summed E-state index contributed by atoms with van der Waals surface area (Å²) < 4.78 is 0. The van der Waals surface area contributed by atoms with E-state index < -0.39 is 11.4 Å². The number of anilines is 2. The SMILES string of the molecule is CCc1cc2c(cc1N1CCC(N3CCN(Cc4ccc(N5CCC(=O)NC5=O)cn4)CC3)CC1)C(C)(C)c1[nH]c3cc(C#N)ccc3c1C2=O. The molecule has 2 aromatic carbocycles. The minimum atomic E-state index is -0.396. The number of piperazine rings is 1. The number of benzene rings is 2. The smallest absolute Gasteiger partial charge is 0.328 e. The average Bonchev–Trinajstić information content (AvgIpc) is 3.55. The number of aryl methyl sites for hydroxylation is 1. The van der Waals surface area contributed by atoms with E-state index in [1.807, 2.05) is 24.3 Å². The number of pyridine rings is 1. The Morgan fingerprint density at radius 2 is 1.75 bits per heavy atom. The molecule has 3 fully saturated rings. The highest BCUT2D eigenvalue weighted by Crippen LogP contribution is 2.46. The molecule has 2 N–H and O–H groups in total. The molecule has 5 heterocycles. The number of hydrogen-bond acceptors (Lipinski definition) is 8. The van der Waals surface area contributed by atoms with E-state index >= 15 is 0 Å². The fraction of sp³-hybridized carbons (Fsp3) is 0.425. The van der Waals surface area contributed by atoms with Gasteiger partial charge < -0.3 is 9.88 Å². The molecule has 4 aliphatic rings. The van der Waals surface area contributed by atoms with E-state index in [0.29, 0.717) is 30.3 Å². The zero-order valence-corrected chi connectivity index (χ0v) is 29.6. The monoisotopic (exact) mass is 684 g/mol. The fourth-order valence-electron chi connectivity index (χ4n) is 8.62. The number of rotatable bonds is 6. The molecule has 3 saturated heterocycles. The standard InChI is InChI=1S/C40H44N8O3/c1-4-26-20-31-32(40(2,3)38-36(37(31)50)30-8-5-25(22-41)19-33(30)43-38)21-34(26)47-12-9-28(10-13-47)46-17-15-45(16-18-46)24-27-6-7-29(23-42-27)48-14-11-35(49)44-39(48)51/h5-8,19-21,23,28,43H,4,9-18,24H2,1-3H3,(H,44,49,51). The second-order valence-corrected chi connectivity index (χ2v) is 14.9. The van der Waals surface area contributed by atoms with Crippen LogP contribution < -0.4 is 15.1 Å². The predicted octanol–water partition coefficient (Wildman–Crippen LogP) is 5.10. The molecule has 0 saturated carbocycles. The van der Waals surface area contributed by atoms with Crippen molar-refractivity contribution in [2.45, 2.75) is 64.5 Å². The van der Waals surface area contributed by atoms with Crippen molar-refractivity contribution in [3.8, 4) is 6.07 Å². The number of piperidine rings is 1. The zero-order valence-electron chi connectivity index (χ0n) is 29.6. The number of imide groups is 1. The lowest BCUT2D eigenvalue weighted by molar-refractivity contribution is -0.120. The maximum absolute atomic E-state index is 14.1. The van der Waals surface area contributed by atoms with Crippen molar-refractivity contribution in [3.63, 3.8) is 0 Å². The first kappa shape index (κ1) is 33.1. The summed E-state index contributed by atoms with van der Waals surface area (Å²) in [7, 11) is 0. The van der Waals surface area contributed by atoms with Crippen LogP contribution in [0.15, 0.2) is 48.7 Å². The number of nitriles is 1. The van der Waals surface area contributed by atoms with Crippen LogP contribution in [0.2, 0.25) is 0 Å². The summed E-state index contributed by atoms with van der Waals surface area (Å²) in [4.78, 5) is 55.1. The van der Waals surface area contributed by atoms with E-state index in [0.717, 1.165) is 104 Å². The number of nitrogens with zero attached hydrogens (tertiary/aromatic N) is 6. The molecule has 1 aliphatic carbocycles. The second kappa shape index (κ2) is 12.9. The Balaban J connectivity index is 0.905. The van der Waals surface area contributed by atoms with Gasteiger partial charge in [0.2, 0.25) is 5.91 Å². The second-order valence-electron chi connectivity index (χ2n) is 14.9. The van der Waals surface area contributed by atoms with Crippen LogP contribution in [-0.4, -0.2) is 89.3 Å². The highest BCUT2D eigenvalue weighted by Gasteiger charge is 2.41. The molecule has 4 aromatic rings. The van der Waals surface area contributed by atoms with Gasteiger partial charge in [0.1, 0.15) is 0 Å². The Morgan fingerprint density at radius 3 is 2.43 bits per heavy atom. The number of aromatic amines is 1. The van der Waals surface area contributed by atoms with Gasteiger partial charge in [-0.05, 0) is 66.8 Å². The first-order chi connectivity index (χ1) is 24.6. The van der Waals surface area contributed by atoms with Crippen LogP contribution >= 0.6 is 0 Å². The Kier molecular flexibility index (Phi) is 8.39. The van der Waals surface area contributed by atoms with E-state index in [4.69, 9.17) is 0 Å². The van der Waals surface area contributed by atoms with Crippen LogP contribution in [0.3, 0.4) is 0 Å². The molecule has 262 valence electrons. The minimum absolute atomic E-state index is 0.0624. The van der Waals surface area contributed by atoms with Crippen LogP contribution in [0.1, 0.15) is 84.0 Å². The van der Waals surface area contributed by atoms with Crippen LogP contribution in [0.4, 0.5) is 16.2 Å². The maximum Gasteiger partial charge on any atom is 0.328 e. The summed E-state index contributed by atoms with van der Waals surface area (Å²) in [5.41, 5.74) is 8.69. The molecule has 11 nitrogen and oxygen atoms in total. The van der Waals surface area contributed by atoms with Gasteiger partial charge in [-0.1, -0.05) is 26.8 Å². The minimum Gasteiger partial charge on any atom is -0.371 e. The third kappa shape index (κ3) is 5.86. The number of amides is 3. The van der Waals surface area contributed by atoms with Crippen molar-refractivity contribution < 1.29 is 14.4 Å². The third-order valence-corrected chi connectivity index (χ3v) is 11.6. The lowest BCUT2D eigenvalue weighted by atomic mass is 9.70. The van der Waals surface area contributed by atoms with E-state index in [9.17, 15) is 19.6 Å². The number of H-pyrrole nitrogens is 1. The van der Waals surface area contributed by atoms with Gasteiger partial charge in [0, 0.05) is 98.1 Å². The zero-order chi connectivity index (χ0) is 35.4. The average molecular weight is 685 g/mol. The topological polar surface area (TPSA) is 129 Å². The van der Waals surface area contributed by atoms with Crippen molar-refractivity contribution >= 4 is 40.0 Å². The van der Waals surface area contributed by atoms with Crippen LogP contribution in [0, 0.1) is 11.3 Å². The molecule has 51 heavy (non-hydrogen) atoms. The van der Waals surface area contributed by atoms with Gasteiger partial charge in [-0.3, -0.25) is 34.6 Å². The number of fused-ring (bicyclic) bond motifs is 4. The number of carbonyl (C=O) groups excluding carboxylic acids is 3. The number of ketones is 1. The first-order valence-electron chi connectivity index (χ1n) is 18.2. The number of aromatic nitrogens is 2. The summed E-state index contributed by atoms with van der Waals surface area (Å²) in [6.45, 7) is 13.7. The molecule has 3 amide bonds. The Bertz CT molecular complexity index is 2080. The molecule has 0 unspecified atom stereocenters. The highest BCUT2D eigenvalue weighted by atomic mass is 16.2. The number of hydrogen-bond donors (Lipinski definition) is 2. The summed E-state index contributed by atoms with van der Waals surface area (Å²) in [6.07, 6.45) is 5.09. The molecule has 11 heteroatoms. The first-order valence-corrected chi connectivity index (χ1v) is 18.2. The normalized spacial score (nSPS) is 19.9. The van der Waals surface area contributed by atoms with Gasteiger partial charge in [-0.2, -0.15) is 5.26 Å². The summed E-state index contributed by atoms with van der Waals surface area (Å²) in [5, 5.41) is 12.7. The fourth-order valence-corrected chi connectivity index (χ4v) is 8.62. The highest BCUT2D eigenvalue weighted by molar-refractivity contribution is 6.20. The van der Waals surface area contributed by atoms with Crippen molar-refractivity contribution in [2.75, 3.05) is 55.6 Å². The number of urea groups is 1. The van der Waals surface area contributed by atoms with Crippen LogP contribution in [0.25, 0.3) is 10.9 Å². The molecule has 3 aliphatic heterocycles. The van der Waals surface area contributed by atoms with E-state index in [2.05, 4.69) is 69.0 Å². The van der Waals surface area contributed by atoms with Gasteiger partial charge in [-0.15, -0.1) is 0 Å². The molecule has 0 radical (unpaired) electrons. The Labute approximate surface area is 298 Å². The molecular formula is C40H44N8O3. The molecule has 2 aromatic heterocycles. The maximum atomic E-state index is 14.1. The van der Waals surface area contributed by atoms with Crippen molar-refractivity contribution in [3.05, 3.63) is 87.9 Å². The summed E-state index contributed by atoms with van der Waals surface area (Å²) in [6, 6.07) is 16.3. The van der Waals surface area contributed by atoms with Crippen LogP contribution in [-0.2, 0) is 23.2 Å². The van der Waals surface area contributed by atoms with Gasteiger partial charge in [0.25, 0.3) is 0 Å². The van der Waals surface area contributed by atoms with E-state index in [-0.39, 0.29) is 11.7 Å². The summed E-state index contributed by atoms with van der Waals surface area (Å²) >= 11 is 0. The largest absolute Gasteiger partial charge is 0.371 e. The Hall–Kier alpha value is -5.05. The van der Waals surface area contributed by atoms with Gasteiger partial charge in [-0.25, -0.2) is 4.79 Å². The van der Waals surface area contributed by atoms with Gasteiger partial charge >= 0.3 is 6.03 Å². The molecule has 8 rings (SSSR count). The Morgan fingerprint density at radius 1 is 0.961 bits per heavy atom. The van der Waals surface area contributed by atoms with Crippen LogP contribution in [0.5, 0.6) is 0 Å². The lowest BCUT2D eigenvalue weighted by Gasteiger charge is -2.44. The van der Waals surface area contributed by atoms with E-state index in [1.165, 1.54) is 11.3 Å². The summed E-state index contributed by atoms with van der Waals surface area (Å²) in [5.74, 6) is -0.176. The van der Waals surface area contributed by atoms with Gasteiger partial charge in [0.05, 0.1) is 34.8 Å². The van der Waals surface area contributed by atoms with Gasteiger partial charge in [0.15, 0.2) is 5.78 Å². The third-order valence-electron chi connectivity index (χ3n) is 11.6. The molecule has 0 atom stereocenters. The lowest BCUT2D eigenvalue weighted by Crippen LogP contribution is -2.53. The van der Waals surface area contributed by atoms with Crippen molar-refractivity contribution in [1.29, 1.82) is 5.26 Å². The number of nitrogens with one attached hydrogen (secondary N) is 2.